The van der Waals surface area contributed by atoms with Crippen LogP contribution in [0.25, 0.3) is 0 Å². The molecule has 0 radical (unpaired) electrons. The van der Waals surface area contributed by atoms with Crippen LogP contribution in [0.3, 0.4) is 0 Å². The van der Waals surface area contributed by atoms with E-state index in [4.69, 9.17) is 4.74 Å². The lowest BCUT2D eigenvalue weighted by Gasteiger charge is -2.11. The fraction of sp³-hybridized carbons (Fsp3) is 0.158. The van der Waals surface area contributed by atoms with E-state index in [2.05, 4.69) is 26.3 Å². The Bertz CT molecular complexity index is 876. The number of aryl methyl sites for hydroxylation is 1. The molecule has 128 valence electrons. The number of anilines is 1. The van der Waals surface area contributed by atoms with E-state index in [1.807, 2.05) is 55.5 Å². The fourth-order valence-electron chi connectivity index (χ4n) is 2.39. The van der Waals surface area contributed by atoms with E-state index in [1.165, 1.54) is 0 Å². The Balaban J connectivity index is 1.61. The second-order valence-corrected chi connectivity index (χ2v) is 6.47. The van der Waals surface area contributed by atoms with E-state index < -0.39 is 0 Å². The Hall–Kier alpha value is -2.60. The maximum absolute atomic E-state index is 12.2. The predicted octanol–water partition coefficient (Wildman–Crippen LogP) is 4.02. The Morgan fingerprint density at radius 3 is 2.84 bits per heavy atom. The van der Waals surface area contributed by atoms with Crippen molar-refractivity contribution in [2.45, 2.75) is 13.5 Å². The highest BCUT2D eigenvalue weighted by atomic mass is 79.9. The molecule has 1 amide bonds. The molecule has 0 aliphatic rings. The van der Waals surface area contributed by atoms with Gasteiger partial charge in [0.25, 0.3) is 5.91 Å². The number of aromatic nitrogens is 2. The third kappa shape index (κ3) is 4.70. The Morgan fingerprint density at radius 2 is 2.04 bits per heavy atom. The number of halogens is 1. The zero-order valence-electron chi connectivity index (χ0n) is 13.8. The monoisotopic (exact) mass is 399 g/mol. The molecular formula is C19H18BrN3O2. The minimum absolute atomic E-state index is 0.0519. The number of nitrogens with zero attached hydrogens (tertiary/aromatic N) is 2. The summed E-state index contributed by atoms with van der Waals surface area (Å²) in [6.45, 7) is 2.49. The van der Waals surface area contributed by atoms with Gasteiger partial charge < -0.3 is 10.1 Å². The molecular weight excluding hydrogens is 382 g/mol. The van der Waals surface area contributed by atoms with E-state index in [-0.39, 0.29) is 12.5 Å². The maximum Gasteiger partial charge on any atom is 0.263 e. The molecule has 1 N–H and O–H groups in total. The van der Waals surface area contributed by atoms with Crippen molar-refractivity contribution in [3.63, 3.8) is 0 Å². The summed E-state index contributed by atoms with van der Waals surface area (Å²) < 4.78 is 8.27. The number of carbonyl (C=O) groups excluding carboxylic acids is 1. The largest absolute Gasteiger partial charge is 0.484 e. The molecule has 1 aromatic heterocycles. The number of hydrogen-bond donors (Lipinski definition) is 1. The molecule has 0 fully saturated rings. The van der Waals surface area contributed by atoms with Crippen LogP contribution in [0.5, 0.6) is 5.75 Å². The quantitative estimate of drug-likeness (QED) is 0.680. The topological polar surface area (TPSA) is 56.1 Å². The number of amides is 1. The van der Waals surface area contributed by atoms with Gasteiger partial charge in [-0.05, 0) is 36.2 Å². The van der Waals surface area contributed by atoms with Gasteiger partial charge in [0.15, 0.2) is 6.61 Å². The van der Waals surface area contributed by atoms with Gasteiger partial charge in [-0.3, -0.25) is 4.79 Å². The molecule has 3 aromatic rings. The van der Waals surface area contributed by atoms with Gasteiger partial charge in [-0.15, -0.1) is 0 Å². The first kappa shape index (κ1) is 17.2. The molecule has 25 heavy (non-hydrogen) atoms. The van der Waals surface area contributed by atoms with Crippen molar-refractivity contribution in [2.24, 2.45) is 0 Å². The molecule has 1 heterocycles. The van der Waals surface area contributed by atoms with Crippen LogP contribution >= 0.6 is 15.9 Å². The van der Waals surface area contributed by atoms with Crippen LogP contribution in [0.1, 0.15) is 11.1 Å². The minimum atomic E-state index is -0.226. The van der Waals surface area contributed by atoms with Crippen molar-refractivity contribution in [1.29, 1.82) is 0 Å². The van der Waals surface area contributed by atoms with Gasteiger partial charge in [0.05, 0.1) is 12.7 Å². The molecule has 0 saturated heterocycles. The molecule has 0 unspecified atom stereocenters. The number of benzene rings is 2. The van der Waals surface area contributed by atoms with Gasteiger partial charge in [-0.1, -0.05) is 46.3 Å². The normalized spacial score (nSPS) is 10.5. The first-order valence-electron chi connectivity index (χ1n) is 7.86. The van der Waals surface area contributed by atoms with Gasteiger partial charge in [-0.25, -0.2) is 4.68 Å². The first-order valence-corrected chi connectivity index (χ1v) is 8.65. The van der Waals surface area contributed by atoms with E-state index in [1.54, 1.807) is 16.9 Å². The van der Waals surface area contributed by atoms with E-state index in [9.17, 15) is 4.79 Å². The Kier molecular flexibility index (Phi) is 5.50. The third-order valence-electron chi connectivity index (χ3n) is 3.62. The van der Waals surface area contributed by atoms with Crippen LogP contribution in [0, 0.1) is 6.92 Å². The molecule has 0 bridgehead atoms. The van der Waals surface area contributed by atoms with Crippen LogP contribution < -0.4 is 10.1 Å². The number of ether oxygens (including phenoxy) is 1. The Morgan fingerprint density at radius 1 is 1.20 bits per heavy atom. The molecule has 3 rings (SSSR count). The summed E-state index contributed by atoms with van der Waals surface area (Å²) in [5.41, 5.74) is 2.17. The van der Waals surface area contributed by atoms with Crippen molar-refractivity contribution in [3.8, 4) is 5.75 Å². The minimum Gasteiger partial charge on any atom is -0.484 e. The van der Waals surface area contributed by atoms with Crippen molar-refractivity contribution >= 4 is 27.7 Å². The second kappa shape index (κ2) is 7.98. The van der Waals surface area contributed by atoms with Crippen molar-refractivity contribution < 1.29 is 9.53 Å². The molecule has 0 aliphatic carbocycles. The van der Waals surface area contributed by atoms with E-state index >= 15 is 0 Å². The second-order valence-electron chi connectivity index (χ2n) is 5.62. The average molecular weight is 400 g/mol. The fourth-order valence-corrected chi connectivity index (χ4v) is 2.80. The smallest absolute Gasteiger partial charge is 0.263 e. The summed E-state index contributed by atoms with van der Waals surface area (Å²) in [6, 6.07) is 17.3. The van der Waals surface area contributed by atoms with Crippen LogP contribution in [0.2, 0.25) is 0 Å². The lowest BCUT2D eigenvalue weighted by Crippen LogP contribution is -2.22. The van der Waals surface area contributed by atoms with Gasteiger partial charge in [0.1, 0.15) is 11.6 Å². The first-order chi connectivity index (χ1) is 12.1. The highest BCUT2D eigenvalue weighted by molar-refractivity contribution is 9.10. The van der Waals surface area contributed by atoms with E-state index in [0.29, 0.717) is 18.1 Å². The average Bonchev–Trinajstić information content (AvgIpc) is 3.02. The lowest BCUT2D eigenvalue weighted by atomic mass is 10.2. The molecule has 0 spiro atoms. The number of nitrogens with one attached hydrogen (secondary N) is 1. The number of hydrogen-bond acceptors (Lipinski definition) is 3. The van der Waals surface area contributed by atoms with Crippen LogP contribution in [0.4, 0.5) is 5.82 Å². The van der Waals surface area contributed by atoms with Gasteiger partial charge in [-0.2, -0.15) is 5.10 Å². The molecule has 0 atom stereocenters. The van der Waals surface area contributed by atoms with Gasteiger partial charge in [0.2, 0.25) is 0 Å². The van der Waals surface area contributed by atoms with Gasteiger partial charge in [0, 0.05) is 10.5 Å². The summed E-state index contributed by atoms with van der Waals surface area (Å²) in [6.07, 6.45) is 1.66. The third-order valence-corrected chi connectivity index (χ3v) is 4.40. The summed E-state index contributed by atoms with van der Waals surface area (Å²) >= 11 is 3.53. The van der Waals surface area contributed by atoms with E-state index in [0.717, 1.165) is 15.6 Å². The summed E-state index contributed by atoms with van der Waals surface area (Å²) in [4.78, 5) is 12.2. The van der Waals surface area contributed by atoms with Crippen LogP contribution in [-0.4, -0.2) is 22.3 Å². The van der Waals surface area contributed by atoms with Gasteiger partial charge >= 0.3 is 0 Å². The predicted molar refractivity (Wildman–Crippen MR) is 101 cm³/mol. The summed E-state index contributed by atoms with van der Waals surface area (Å²) in [5.74, 6) is 1.08. The maximum atomic E-state index is 12.2. The zero-order valence-corrected chi connectivity index (χ0v) is 15.4. The molecule has 2 aromatic carbocycles. The summed E-state index contributed by atoms with van der Waals surface area (Å²) in [7, 11) is 0. The molecule has 0 aliphatic heterocycles. The van der Waals surface area contributed by atoms with Crippen LogP contribution in [-0.2, 0) is 11.3 Å². The Labute approximate surface area is 154 Å². The highest BCUT2D eigenvalue weighted by Crippen LogP contribution is 2.19. The molecule has 6 heteroatoms. The number of rotatable bonds is 6. The molecule has 0 saturated carbocycles. The van der Waals surface area contributed by atoms with Crippen molar-refractivity contribution in [2.75, 3.05) is 11.9 Å². The summed E-state index contributed by atoms with van der Waals surface area (Å²) in [5, 5.41) is 7.11. The lowest BCUT2D eigenvalue weighted by molar-refractivity contribution is -0.118. The van der Waals surface area contributed by atoms with Crippen molar-refractivity contribution in [1.82, 2.24) is 9.78 Å². The highest BCUT2D eigenvalue weighted by Gasteiger charge is 2.10. The zero-order chi connectivity index (χ0) is 17.6. The van der Waals surface area contributed by atoms with Crippen LogP contribution in [0.15, 0.2) is 65.3 Å². The number of carbonyl (C=O) groups is 1. The molecule has 5 nitrogen and oxygen atoms in total. The standard InChI is InChI=1S/C19H18BrN3O2/c1-14-5-4-7-16(11-14)25-13-19(24)22-18-9-10-21-23(18)12-15-6-2-3-8-17(15)20/h2-11H,12-13H2,1H3,(H,22,24). The SMILES string of the molecule is Cc1cccc(OCC(=O)Nc2ccnn2Cc2ccccc2Br)c1. The van der Waals surface area contributed by atoms with Crippen molar-refractivity contribution in [3.05, 3.63) is 76.4 Å².